The number of pyridine rings is 1. The maximum absolute atomic E-state index is 12.2. The summed E-state index contributed by atoms with van der Waals surface area (Å²) in [6, 6.07) is 0. The van der Waals surface area contributed by atoms with E-state index in [1.807, 2.05) is 0 Å². The smallest absolute Gasteiger partial charge is 0.422 e. The number of nitrogens with two attached hydrogens (primary N) is 2. The van der Waals surface area contributed by atoms with Crippen molar-refractivity contribution in [3.8, 4) is 5.88 Å². The Hall–Kier alpha value is -2.30. The molecular formula is C11H16F3N5O3. The van der Waals surface area contributed by atoms with Crippen LogP contribution < -0.4 is 16.2 Å². The van der Waals surface area contributed by atoms with Gasteiger partial charge in [0.2, 0.25) is 11.7 Å². The van der Waals surface area contributed by atoms with Crippen molar-refractivity contribution in [2.24, 2.45) is 0 Å². The lowest BCUT2D eigenvalue weighted by molar-refractivity contribution is -0.384. The monoisotopic (exact) mass is 323 g/mol. The molecule has 11 heteroatoms. The molecule has 0 spiro atoms. The molecule has 0 aliphatic rings. The Morgan fingerprint density at radius 1 is 1.36 bits per heavy atom. The summed E-state index contributed by atoms with van der Waals surface area (Å²) in [5, 5.41) is 11.1. The van der Waals surface area contributed by atoms with E-state index in [4.69, 9.17) is 11.5 Å². The molecule has 8 nitrogen and oxygen atoms in total. The normalized spacial score (nSPS) is 11.7. The second kappa shape index (κ2) is 6.64. The fraction of sp³-hybridized carbons (Fsp3) is 0.545. The highest BCUT2D eigenvalue weighted by Crippen LogP contribution is 2.36. The average molecular weight is 323 g/mol. The minimum absolute atomic E-state index is 0.00312. The third-order valence-electron chi connectivity index (χ3n) is 2.67. The lowest BCUT2D eigenvalue weighted by Crippen LogP contribution is -2.22. The maximum atomic E-state index is 12.2. The summed E-state index contributed by atoms with van der Waals surface area (Å²) in [7, 11) is 3.46. The van der Waals surface area contributed by atoms with Crippen LogP contribution in [0, 0.1) is 10.1 Å². The molecule has 0 aliphatic carbocycles. The van der Waals surface area contributed by atoms with Gasteiger partial charge >= 0.3 is 11.9 Å². The molecule has 4 N–H and O–H groups in total. The van der Waals surface area contributed by atoms with Gasteiger partial charge in [0.25, 0.3) is 0 Å². The summed E-state index contributed by atoms with van der Waals surface area (Å²) in [4.78, 5) is 15.5. The minimum atomic E-state index is -4.59. The molecule has 0 saturated carbocycles. The molecule has 0 amide bonds. The van der Waals surface area contributed by atoms with Gasteiger partial charge in [0, 0.05) is 6.54 Å². The number of nitrogen functional groups attached to an aromatic ring is 2. The van der Waals surface area contributed by atoms with Crippen molar-refractivity contribution < 1.29 is 22.8 Å². The summed E-state index contributed by atoms with van der Waals surface area (Å²) in [6.45, 7) is -1.23. The molecular weight excluding hydrogens is 307 g/mol. The van der Waals surface area contributed by atoms with Gasteiger partial charge in [0.1, 0.15) is 5.69 Å². The molecule has 0 atom stereocenters. The van der Waals surface area contributed by atoms with E-state index in [1.54, 1.807) is 19.0 Å². The first kappa shape index (κ1) is 17.8. The molecule has 0 radical (unpaired) electrons. The van der Waals surface area contributed by atoms with Gasteiger partial charge in [-0.05, 0) is 20.5 Å². The zero-order valence-electron chi connectivity index (χ0n) is 12.0. The van der Waals surface area contributed by atoms with Crippen LogP contribution in [0.15, 0.2) is 0 Å². The molecule has 0 aliphatic heterocycles. The van der Waals surface area contributed by atoms with Crippen LogP contribution in [0.25, 0.3) is 0 Å². The Balaban J connectivity index is 3.23. The quantitative estimate of drug-likeness (QED) is 0.596. The lowest BCUT2D eigenvalue weighted by Gasteiger charge is -2.15. The van der Waals surface area contributed by atoms with E-state index < -0.39 is 35.1 Å². The Bertz CT molecular complexity index is 563. The summed E-state index contributed by atoms with van der Waals surface area (Å²) in [5.41, 5.74) is 10.3. The number of anilines is 2. The molecule has 22 heavy (non-hydrogen) atoms. The summed E-state index contributed by atoms with van der Waals surface area (Å²) < 4.78 is 41.1. The summed E-state index contributed by atoms with van der Waals surface area (Å²) in [5.74, 6) is -1.10. The van der Waals surface area contributed by atoms with Crippen LogP contribution in [0.2, 0.25) is 0 Å². The number of rotatable bonds is 6. The number of nitro groups is 1. The Labute approximate surface area is 124 Å². The standard InChI is InChI=1S/C11H16F3N5O3/c1-18(2)4-3-6-7(15)10(22-5-11(12,13)14)17-9(16)8(6)19(20)21/h3-5,15H2,1-2H3,(H2,16,17). The first-order chi connectivity index (χ1) is 10.0. The molecule has 0 saturated heterocycles. The highest BCUT2D eigenvalue weighted by Gasteiger charge is 2.31. The van der Waals surface area contributed by atoms with Crippen molar-refractivity contribution >= 4 is 17.2 Å². The number of likely N-dealkylation sites (N-methyl/N-ethyl adjacent to an activating group) is 1. The zero-order chi connectivity index (χ0) is 17.1. The number of ether oxygens (including phenoxy) is 1. The van der Waals surface area contributed by atoms with Crippen molar-refractivity contribution in [1.82, 2.24) is 9.88 Å². The van der Waals surface area contributed by atoms with Gasteiger partial charge < -0.3 is 21.1 Å². The van der Waals surface area contributed by atoms with E-state index in [2.05, 4.69) is 9.72 Å². The predicted octanol–water partition coefficient (Wildman–Crippen LogP) is 1.20. The molecule has 0 bridgehead atoms. The average Bonchev–Trinajstić information content (AvgIpc) is 2.35. The summed E-state index contributed by atoms with van der Waals surface area (Å²) in [6.07, 6.45) is -4.47. The van der Waals surface area contributed by atoms with E-state index >= 15 is 0 Å². The van der Waals surface area contributed by atoms with Gasteiger partial charge in [0.05, 0.1) is 10.5 Å². The zero-order valence-corrected chi connectivity index (χ0v) is 12.0. The van der Waals surface area contributed by atoms with Crippen LogP contribution in [0.4, 0.5) is 30.4 Å². The SMILES string of the molecule is CN(C)CCc1c(N)c(OCC(F)(F)F)nc(N)c1[N+](=O)[O-]. The van der Waals surface area contributed by atoms with Gasteiger partial charge in [-0.1, -0.05) is 0 Å². The van der Waals surface area contributed by atoms with E-state index in [-0.39, 0.29) is 17.7 Å². The van der Waals surface area contributed by atoms with Crippen molar-refractivity contribution in [1.29, 1.82) is 0 Å². The highest BCUT2D eigenvalue weighted by molar-refractivity contribution is 5.71. The van der Waals surface area contributed by atoms with Crippen molar-refractivity contribution in [3.05, 3.63) is 15.7 Å². The fourth-order valence-corrected chi connectivity index (χ4v) is 1.69. The number of alkyl halides is 3. The third kappa shape index (κ3) is 4.62. The topological polar surface area (TPSA) is 121 Å². The number of aromatic nitrogens is 1. The number of hydrogen-bond donors (Lipinski definition) is 2. The largest absolute Gasteiger partial charge is 0.466 e. The minimum Gasteiger partial charge on any atom is -0.466 e. The second-order valence-corrected chi connectivity index (χ2v) is 4.76. The third-order valence-corrected chi connectivity index (χ3v) is 2.67. The second-order valence-electron chi connectivity index (χ2n) is 4.76. The number of hydrogen-bond acceptors (Lipinski definition) is 7. The van der Waals surface area contributed by atoms with Gasteiger partial charge in [0.15, 0.2) is 6.61 Å². The number of nitrogens with zero attached hydrogens (tertiary/aromatic N) is 3. The molecule has 0 unspecified atom stereocenters. The Morgan fingerprint density at radius 2 is 1.95 bits per heavy atom. The first-order valence-corrected chi connectivity index (χ1v) is 6.09. The van der Waals surface area contributed by atoms with Crippen LogP contribution in [-0.4, -0.2) is 48.2 Å². The van der Waals surface area contributed by atoms with Gasteiger partial charge in [-0.25, -0.2) is 0 Å². The van der Waals surface area contributed by atoms with E-state index in [9.17, 15) is 23.3 Å². The van der Waals surface area contributed by atoms with Crippen LogP contribution in [0.3, 0.4) is 0 Å². The van der Waals surface area contributed by atoms with Crippen LogP contribution in [0.1, 0.15) is 5.56 Å². The Morgan fingerprint density at radius 3 is 2.41 bits per heavy atom. The van der Waals surface area contributed by atoms with E-state index in [0.717, 1.165) is 0 Å². The molecule has 124 valence electrons. The molecule has 1 aromatic rings. The molecule has 1 heterocycles. The Kier molecular flexibility index (Phi) is 5.36. The number of halogens is 3. The van der Waals surface area contributed by atoms with Gasteiger partial charge in [-0.15, -0.1) is 0 Å². The maximum Gasteiger partial charge on any atom is 0.422 e. The lowest BCUT2D eigenvalue weighted by atomic mass is 10.1. The first-order valence-electron chi connectivity index (χ1n) is 6.09. The van der Waals surface area contributed by atoms with Crippen LogP contribution in [0.5, 0.6) is 5.88 Å². The van der Waals surface area contributed by atoms with E-state index in [0.29, 0.717) is 6.54 Å². The fourth-order valence-electron chi connectivity index (χ4n) is 1.69. The van der Waals surface area contributed by atoms with E-state index in [1.165, 1.54) is 0 Å². The van der Waals surface area contributed by atoms with Gasteiger partial charge in [-0.2, -0.15) is 18.2 Å². The molecule has 0 aromatic carbocycles. The van der Waals surface area contributed by atoms with Crippen molar-refractivity contribution in [2.45, 2.75) is 12.6 Å². The molecule has 1 rings (SSSR count). The predicted molar refractivity (Wildman–Crippen MR) is 73.5 cm³/mol. The van der Waals surface area contributed by atoms with Crippen molar-refractivity contribution in [3.63, 3.8) is 0 Å². The van der Waals surface area contributed by atoms with Crippen molar-refractivity contribution in [2.75, 3.05) is 38.7 Å². The summed E-state index contributed by atoms with van der Waals surface area (Å²) >= 11 is 0. The molecule has 0 fully saturated rings. The molecule has 1 aromatic heterocycles. The van der Waals surface area contributed by atoms with Crippen LogP contribution >= 0.6 is 0 Å². The van der Waals surface area contributed by atoms with Crippen LogP contribution in [-0.2, 0) is 6.42 Å². The van der Waals surface area contributed by atoms with Gasteiger partial charge in [-0.3, -0.25) is 10.1 Å². The highest BCUT2D eigenvalue weighted by atomic mass is 19.4.